The van der Waals surface area contributed by atoms with Gasteiger partial charge in [0.1, 0.15) is 18.5 Å². The molecule has 134 valence electrons. The number of carboxylic acid groups (broad SMARTS) is 1. The SMILES string of the molecule is CN(C)C1CCN(C(=O)C[C@H](OCC(=O)O)c2nccn2C)CC1. The largest absolute Gasteiger partial charge is 0.480 e. The number of ether oxygens (including phenoxy) is 1. The topological polar surface area (TPSA) is 87.9 Å². The van der Waals surface area contributed by atoms with Crippen LogP contribution in [0.5, 0.6) is 0 Å². The second-order valence-electron chi connectivity index (χ2n) is 6.37. The molecule has 1 aromatic rings. The van der Waals surface area contributed by atoms with Crippen LogP contribution < -0.4 is 0 Å². The number of aryl methyl sites for hydroxylation is 1. The molecule has 0 radical (unpaired) electrons. The predicted molar refractivity (Wildman–Crippen MR) is 87.4 cm³/mol. The first-order chi connectivity index (χ1) is 11.4. The van der Waals surface area contributed by atoms with Crippen LogP contribution >= 0.6 is 0 Å². The van der Waals surface area contributed by atoms with Crippen LogP contribution in [0.4, 0.5) is 0 Å². The van der Waals surface area contributed by atoms with Crippen molar-refractivity contribution in [2.45, 2.75) is 31.4 Å². The lowest BCUT2D eigenvalue weighted by Crippen LogP contribution is -2.44. The first-order valence-corrected chi connectivity index (χ1v) is 8.13. The number of aliphatic carboxylic acids is 1. The van der Waals surface area contributed by atoms with Gasteiger partial charge in [-0.2, -0.15) is 0 Å². The molecule has 0 aromatic carbocycles. The van der Waals surface area contributed by atoms with Crippen LogP contribution in [-0.2, 0) is 21.4 Å². The number of hydrogen-bond donors (Lipinski definition) is 1. The Hall–Kier alpha value is -1.93. The summed E-state index contributed by atoms with van der Waals surface area (Å²) in [6.45, 7) is 0.981. The summed E-state index contributed by atoms with van der Waals surface area (Å²) in [5.41, 5.74) is 0. The molecule has 1 fully saturated rings. The molecule has 1 atom stereocenters. The Kier molecular flexibility index (Phi) is 6.33. The van der Waals surface area contributed by atoms with Crippen LogP contribution in [0.15, 0.2) is 12.4 Å². The van der Waals surface area contributed by atoms with Gasteiger partial charge in [-0.3, -0.25) is 4.79 Å². The standard InChI is InChI=1S/C16H26N4O4/c1-18(2)12-4-7-20(8-5-12)14(21)10-13(24-11-15(22)23)16-17-6-9-19(16)3/h6,9,12-13H,4-5,7-8,10-11H2,1-3H3,(H,22,23)/t13-/m0/s1. The molecular weight excluding hydrogens is 312 g/mol. The molecule has 2 heterocycles. The number of amides is 1. The van der Waals surface area contributed by atoms with E-state index in [0.29, 0.717) is 25.0 Å². The Morgan fingerprint density at radius 3 is 2.58 bits per heavy atom. The van der Waals surface area contributed by atoms with Gasteiger partial charge in [0.2, 0.25) is 5.91 Å². The second kappa shape index (κ2) is 8.25. The molecule has 8 nitrogen and oxygen atoms in total. The Morgan fingerprint density at radius 2 is 2.08 bits per heavy atom. The number of imidazole rings is 1. The summed E-state index contributed by atoms with van der Waals surface area (Å²) in [7, 11) is 5.91. The van der Waals surface area contributed by atoms with E-state index in [1.54, 1.807) is 24.0 Å². The highest BCUT2D eigenvalue weighted by Gasteiger charge is 2.28. The van der Waals surface area contributed by atoms with Gasteiger partial charge in [-0.1, -0.05) is 0 Å². The van der Waals surface area contributed by atoms with Gasteiger partial charge >= 0.3 is 5.97 Å². The monoisotopic (exact) mass is 338 g/mol. The van der Waals surface area contributed by atoms with Crippen LogP contribution in [0.2, 0.25) is 0 Å². The lowest BCUT2D eigenvalue weighted by Gasteiger charge is -2.35. The van der Waals surface area contributed by atoms with Crippen molar-refractivity contribution in [3.05, 3.63) is 18.2 Å². The quantitative estimate of drug-likeness (QED) is 0.779. The average Bonchev–Trinajstić information content (AvgIpc) is 2.97. The fourth-order valence-electron chi connectivity index (χ4n) is 3.00. The first kappa shape index (κ1) is 18.4. The highest BCUT2D eigenvalue weighted by atomic mass is 16.5. The van der Waals surface area contributed by atoms with Gasteiger partial charge < -0.3 is 24.2 Å². The van der Waals surface area contributed by atoms with Gasteiger partial charge in [0, 0.05) is 38.6 Å². The molecule has 2 rings (SSSR count). The van der Waals surface area contributed by atoms with E-state index in [-0.39, 0.29) is 12.3 Å². The van der Waals surface area contributed by atoms with E-state index in [0.717, 1.165) is 12.8 Å². The van der Waals surface area contributed by atoms with Crippen molar-refractivity contribution in [3.8, 4) is 0 Å². The average molecular weight is 338 g/mol. The van der Waals surface area contributed by atoms with E-state index in [9.17, 15) is 9.59 Å². The molecule has 0 spiro atoms. The van der Waals surface area contributed by atoms with Crippen molar-refractivity contribution in [3.63, 3.8) is 0 Å². The highest BCUT2D eigenvalue weighted by Crippen LogP contribution is 2.22. The normalized spacial score (nSPS) is 17.2. The third-order valence-corrected chi connectivity index (χ3v) is 4.46. The number of carbonyl (C=O) groups excluding carboxylic acids is 1. The molecule has 1 N–H and O–H groups in total. The predicted octanol–water partition coefficient (Wildman–Crippen LogP) is 0.505. The van der Waals surface area contributed by atoms with Crippen LogP contribution in [-0.4, -0.2) is 76.2 Å². The Balaban J connectivity index is 1.97. The number of carbonyl (C=O) groups is 2. The number of likely N-dealkylation sites (tertiary alicyclic amines) is 1. The molecule has 1 saturated heterocycles. The summed E-state index contributed by atoms with van der Waals surface area (Å²) in [4.78, 5) is 31.6. The van der Waals surface area contributed by atoms with Gasteiger partial charge in [-0.25, -0.2) is 9.78 Å². The first-order valence-electron chi connectivity index (χ1n) is 8.13. The van der Waals surface area contributed by atoms with Crippen molar-refractivity contribution < 1.29 is 19.4 Å². The second-order valence-corrected chi connectivity index (χ2v) is 6.37. The molecule has 0 aliphatic carbocycles. The van der Waals surface area contributed by atoms with Gasteiger partial charge in [-0.05, 0) is 26.9 Å². The number of hydrogen-bond acceptors (Lipinski definition) is 5. The number of rotatable bonds is 7. The number of carboxylic acids is 1. The molecule has 24 heavy (non-hydrogen) atoms. The lowest BCUT2D eigenvalue weighted by atomic mass is 10.0. The van der Waals surface area contributed by atoms with E-state index in [1.165, 1.54) is 0 Å². The maximum absolute atomic E-state index is 12.6. The van der Waals surface area contributed by atoms with Crippen LogP contribution in [0.3, 0.4) is 0 Å². The zero-order chi connectivity index (χ0) is 17.7. The maximum Gasteiger partial charge on any atom is 0.329 e. The molecule has 1 aliphatic heterocycles. The fraction of sp³-hybridized carbons (Fsp3) is 0.688. The van der Waals surface area contributed by atoms with E-state index in [4.69, 9.17) is 9.84 Å². The molecule has 0 bridgehead atoms. The summed E-state index contributed by atoms with van der Waals surface area (Å²) in [5, 5.41) is 8.84. The van der Waals surface area contributed by atoms with E-state index < -0.39 is 18.7 Å². The minimum Gasteiger partial charge on any atom is -0.480 e. The lowest BCUT2D eigenvalue weighted by molar-refractivity contribution is -0.148. The molecule has 1 aliphatic rings. The number of aromatic nitrogens is 2. The summed E-state index contributed by atoms with van der Waals surface area (Å²) in [6.07, 6.45) is 4.70. The fourth-order valence-corrected chi connectivity index (χ4v) is 3.00. The molecule has 8 heteroatoms. The Morgan fingerprint density at radius 1 is 1.42 bits per heavy atom. The molecule has 0 unspecified atom stereocenters. The Bertz CT molecular complexity index is 564. The van der Waals surface area contributed by atoms with Crippen LogP contribution in [0, 0.1) is 0 Å². The maximum atomic E-state index is 12.6. The molecule has 0 saturated carbocycles. The van der Waals surface area contributed by atoms with Crippen molar-refractivity contribution >= 4 is 11.9 Å². The third-order valence-electron chi connectivity index (χ3n) is 4.46. The number of piperidine rings is 1. The van der Waals surface area contributed by atoms with Crippen LogP contribution in [0.1, 0.15) is 31.2 Å². The van der Waals surface area contributed by atoms with Gasteiger partial charge in [0.05, 0.1) is 6.42 Å². The van der Waals surface area contributed by atoms with E-state index in [1.807, 2.05) is 4.90 Å². The summed E-state index contributed by atoms with van der Waals surface area (Å²) in [6, 6.07) is 0.502. The van der Waals surface area contributed by atoms with Crippen molar-refractivity contribution in [2.75, 3.05) is 33.8 Å². The van der Waals surface area contributed by atoms with Gasteiger partial charge in [-0.15, -0.1) is 0 Å². The number of nitrogens with zero attached hydrogens (tertiary/aromatic N) is 4. The van der Waals surface area contributed by atoms with E-state index in [2.05, 4.69) is 24.0 Å². The molecular formula is C16H26N4O4. The Labute approximate surface area is 142 Å². The zero-order valence-corrected chi connectivity index (χ0v) is 14.5. The third kappa shape index (κ3) is 4.78. The summed E-state index contributed by atoms with van der Waals surface area (Å²) >= 11 is 0. The summed E-state index contributed by atoms with van der Waals surface area (Å²) in [5.74, 6) is -0.521. The van der Waals surface area contributed by atoms with Crippen LogP contribution in [0.25, 0.3) is 0 Å². The molecule has 1 amide bonds. The smallest absolute Gasteiger partial charge is 0.329 e. The van der Waals surface area contributed by atoms with Crippen molar-refractivity contribution in [1.82, 2.24) is 19.4 Å². The van der Waals surface area contributed by atoms with Gasteiger partial charge in [0.25, 0.3) is 0 Å². The summed E-state index contributed by atoms with van der Waals surface area (Å²) < 4.78 is 7.16. The zero-order valence-electron chi connectivity index (χ0n) is 14.5. The van der Waals surface area contributed by atoms with Gasteiger partial charge in [0.15, 0.2) is 0 Å². The minimum atomic E-state index is -1.06. The highest BCUT2D eigenvalue weighted by molar-refractivity contribution is 5.77. The molecule has 1 aromatic heterocycles. The van der Waals surface area contributed by atoms with Crippen molar-refractivity contribution in [1.29, 1.82) is 0 Å². The van der Waals surface area contributed by atoms with Crippen molar-refractivity contribution in [2.24, 2.45) is 7.05 Å². The minimum absolute atomic E-state index is 0.0226. The van der Waals surface area contributed by atoms with E-state index >= 15 is 0 Å².